The highest BCUT2D eigenvalue weighted by Gasteiger charge is 2.34. The average Bonchev–Trinajstić information content (AvgIpc) is 2.62. The number of rotatable bonds is 2. The van der Waals surface area contributed by atoms with Crippen LogP contribution in [0, 0.1) is 5.82 Å². The number of hydrogen-bond acceptors (Lipinski definition) is 4. The van der Waals surface area contributed by atoms with Gasteiger partial charge >= 0.3 is 12.2 Å². The second-order valence-electron chi connectivity index (χ2n) is 6.05. The van der Waals surface area contributed by atoms with Crippen molar-refractivity contribution in [3.05, 3.63) is 53.3 Å². The topological polar surface area (TPSA) is 70.7 Å². The van der Waals surface area contributed by atoms with E-state index >= 15 is 0 Å². The molecule has 0 saturated heterocycles. The lowest BCUT2D eigenvalue weighted by Crippen LogP contribution is -2.34. The number of imide groups is 1. The number of carbonyl (C=O) groups is 2. The Balaban J connectivity index is 1.69. The third-order valence-electron chi connectivity index (χ3n) is 4.07. The number of amides is 3. The van der Waals surface area contributed by atoms with Crippen LogP contribution >= 0.6 is 0 Å². The highest BCUT2D eigenvalue weighted by atomic mass is 19.4. The van der Waals surface area contributed by atoms with Crippen LogP contribution in [0.5, 0.6) is 5.75 Å². The molecule has 2 N–H and O–H groups in total. The van der Waals surface area contributed by atoms with Gasteiger partial charge in [0, 0.05) is 18.3 Å². The zero-order valence-electron chi connectivity index (χ0n) is 14.6. The number of carbonyl (C=O) groups excluding carboxylic acids is 2. The Morgan fingerprint density at radius 2 is 1.89 bits per heavy atom. The minimum Gasteiger partial charge on any atom is -0.490 e. The Labute approximate surface area is 157 Å². The summed E-state index contributed by atoms with van der Waals surface area (Å²) in [6.45, 7) is 1.14. The van der Waals surface area contributed by atoms with E-state index in [1.807, 2.05) is 17.3 Å². The number of urea groups is 1. The van der Waals surface area contributed by atoms with Crippen molar-refractivity contribution >= 4 is 23.3 Å². The number of halogens is 4. The molecule has 0 unspecified atom stereocenters. The third kappa shape index (κ3) is 4.16. The monoisotopic (exact) mass is 397 g/mol. The number of likely N-dealkylation sites (N-methyl/N-ethyl adjacent to an activating group) is 1. The summed E-state index contributed by atoms with van der Waals surface area (Å²) in [5, 5.41) is 4.08. The second-order valence-corrected chi connectivity index (χ2v) is 6.05. The maximum absolute atomic E-state index is 13.3. The van der Waals surface area contributed by atoms with Crippen molar-refractivity contribution in [2.45, 2.75) is 6.18 Å². The molecule has 6 nitrogen and oxygen atoms in total. The molecule has 0 saturated carbocycles. The van der Waals surface area contributed by atoms with E-state index in [2.05, 4.69) is 5.32 Å². The number of nitrogens with zero attached hydrogens (tertiary/aromatic N) is 1. The van der Waals surface area contributed by atoms with Crippen molar-refractivity contribution in [3.8, 4) is 5.75 Å². The van der Waals surface area contributed by atoms with Gasteiger partial charge in [-0.2, -0.15) is 13.2 Å². The molecule has 0 spiro atoms. The first-order valence-electron chi connectivity index (χ1n) is 8.12. The summed E-state index contributed by atoms with van der Waals surface area (Å²) in [7, 11) is 1.87. The van der Waals surface area contributed by atoms with Crippen molar-refractivity contribution in [1.82, 2.24) is 5.32 Å². The lowest BCUT2D eigenvalue weighted by molar-refractivity contribution is -0.139. The Bertz CT molecular complexity index is 931. The van der Waals surface area contributed by atoms with Crippen LogP contribution in [-0.4, -0.2) is 32.1 Å². The van der Waals surface area contributed by atoms with Crippen molar-refractivity contribution < 1.29 is 31.9 Å². The molecule has 10 heteroatoms. The fourth-order valence-electron chi connectivity index (χ4n) is 2.66. The Hall–Kier alpha value is -3.30. The van der Waals surface area contributed by atoms with Crippen LogP contribution in [0.3, 0.4) is 0 Å². The lowest BCUT2D eigenvalue weighted by atomic mass is 10.1. The molecule has 1 aliphatic rings. The number of anilines is 2. The number of nitrogens with one attached hydrogen (secondary N) is 2. The van der Waals surface area contributed by atoms with E-state index in [1.54, 1.807) is 6.07 Å². The smallest absolute Gasteiger partial charge is 0.419 e. The van der Waals surface area contributed by atoms with Gasteiger partial charge in [-0.15, -0.1) is 0 Å². The van der Waals surface area contributed by atoms with Gasteiger partial charge in [-0.25, -0.2) is 9.18 Å². The minimum atomic E-state index is -4.91. The summed E-state index contributed by atoms with van der Waals surface area (Å²) in [5.41, 5.74) is -0.903. The van der Waals surface area contributed by atoms with E-state index in [1.165, 1.54) is 12.1 Å². The summed E-state index contributed by atoms with van der Waals surface area (Å²) < 4.78 is 56.9. The molecular formula is C18H15F4N3O3. The number of fused-ring (bicyclic) bond motifs is 1. The molecule has 2 aromatic carbocycles. The summed E-state index contributed by atoms with van der Waals surface area (Å²) in [6, 6.07) is 5.55. The highest BCUT2D eigenvalue weighted by molar-refractivity contribution is 6.08. The minimum absolute atomic E-state index is 0.138. The fourth-order valence-corrected chi connectivity index (χ4v) is 2.66. The molecule has 148 valence electrons. The molecule has 28 heavy (non-hydrogen) atoms. The zero-order chi connectivity index (χ0) is 20.5. The summed E-state index contributed by atoms with van der Waals surface area (Å²) >= 11 is 0. The quantitative estimate of drug-likeness (QED) is 0.760. The molecule has 0 radical (unpaired) electrons. The fraction of sp³-hybridized carbons (Fsp3) is 0.222. The first-order chi connectivity index (χ1) is 13.1. The van der Waals surface area contributed by atoms with E-state index in [9.17, 15) is 27.2 Å². The van der Waals surface area contributed by atoms with Crippen LogP contribution < -0.4 is 20.3 Å². The number of hydrogen-bond donors (Lipinski definition) is 2. The summed E-state index contributed by atoms with van der Waals surface area (Å²) in [6.07, 6.45) is -4.91. The highest BCUT2D eigenvalue weighted by Crippen LogP contribution is 2.33. The Morgan fingerprint density at radius 1 is 1.14 bits per heavy atom. The summed E-state index contributed by atoms with van der Waals surface area (Å²) in [5.74, 6) is -1.75. The Morgan fingerprint density at radius 3 is 2.61 bits per heavy atom. The van der Waals surface area contributed by atoms with E-state index < -0.39 is 29.5 Å². The molecule has 3 amide bonds. The SMILES string of the molecule is CN1CCOc2cc(C(=O)NC(=O)Nc3ccc(F)c(C(F)(F)F)c3)ccc21. The molecule has 1 aliphatic heterocycles. The van der Waals surface area contributed by atoms with E-state index in [0.29, 0.717) is 31.0 Å². The zero-order valence-corrected chi connectivity index (χ0v) is 14.6. The summed E-state index contributed by atoms with van der Waals surface area (Å²) in [4.78, 5) is 26.1. The van der Waals surface area contributed by atoms with Gasteiger partial charge in [0.1, 0.15) is 18.2 Å². The van der Waals surface area contributed by atoms with Crippen LogP contribution in [0.4, 0.5) is 33.7 Å². The van der Waals surface area contributed by atoms with Gasteiger partial charge in [0.15, 0.2) is 0 Å². The maximum Gasteiger partial charge on any atom is 0.419 e. The van der Waals surface area contributed by atoms with Crippen molar-refractivity contribution in [2.24, 2.45) is 0 Å². The second kappa shape index (κ2) is 7.37. The van der Waals surface area contributed by atoms with Crippen LogP contribution in [0.1, 0.15) is 15.9 Å². The average molecular weight is 397 g/mol. The molecule has 2 aromatic rings. The van der Waals surface area contributed by atoms with Gasteiger partial charge < -0.3 is 15.0 Å². The van der Waals surface area contributed by atoms with Crippen molar-refractivity contribution in [3.63, 3.8) is 0 Å². The molecule has 1 heterocycles. The molecule has 0 bridgehead atoms. The van der Waals surface area contributed by atoms with Gasteiger partial charge in [-0.05, 0) is 36.4 Å². The van der Waals surface area contributed by atoms with Gasteiger partial charge in [-0.1, -0.05) is 0 Å². The number of ether oxygens (including phenoxy) is 1. The molecule has 0 fully saturated rings. The Kier molecular flexibility index (Phi) is 5.12. The van der Waals surface area contributed by atoms with Crippen LogP contribution in [-0.2, 0) is 6.18 Å². The lowest BCUT2D eigenvalue weighted by Gasteiger charge is -2.27. The maximum atomic E-state index is 13.3. The number of alkyl halides is 3. The van der Waals surface area contributed by atoms with Gasteiger partial charge in [0.05, 0.1) is 17.8 Å². The van der Waals surface area contributed by atoms with Crippen molar-refractivity contribution in [2.75, 3.05) is 30.4 Å². The van der Waals surface area contributed by atoms with E-state index in [-0.39, 0.29) is 11.3 Å². The predicted octanol–water partition coefficient (Wildman–Crippen LogP) is 3.64. The van der Waals surface area contributed by atoms with Crippen molar-refractivity contribution in [1.29, 1.82) is 0 Å². The largest absolute Gasteiger partial charge is 0.490 e. The normalized spacial score (nSPS) is 13.4. The van der Waals surface area contributed by atoms with Crippen LogP contribution in [0.25, 0.3) is 0 Å². The van der Waals surface area contributed by atoms with Gasteiger partial charge in [0.2, 0.25) is 0 Å². The standard InChI is InChI=1S/C18H15F4N3O3/c1-25-6-7-28-15-8-10(2-5-14(15)25)16(26)24-17(27)23-11-3-4-13(19)12(9-11)18(20,21)22/h2-5,8-9H,6-7H2,1H3,(H2,23,24,26,27). The molecular weight excluding hydrogens is 382 g/mol. The molecule has 3 rings (SSSR count). The number of benzene rings is 2. The molecule has 0 aliphatic carbocycles. The van der Waals surface area contributed by atoms with E-state index in [0.717, 1.165) is 11.8 Å². The first-order valence-corrected chi connectivity index (χ1v) is 8.12. The third-order valence-corrected chi connectivity index (χ3v) is 4.07. The van der Waals surface area contributed by atoms with Gasteiger partial charge in [-0.3, -0.25) is 10.1 Å². The van der Waals surface area contributed by atoms with E-state index in [4.69, 9.17) is 4.74 Å². The van der Waals surface area contributed by atoms with Crippen LogP contribution in [0.15, 0.2) is 36.4 Å². The molecule has 0 aromatic heterocycles. The molecule has 0 atom stereocenters. The first kappa shape index (κ1) is 19.5. The predicted molar refractivity (Wildman–Crippen MR) is 93.1 cm³/mol. The van der Waals surface area contributed by atoms with Gasteiger partial charge in [0.25, 0.3) is 5.91 Å². The van der Waals surface area contributed by atoms with Crippen LogP contribution in [0.2, 0.25) is 0 Å².